The lowest BCUT2D eigenvalue weighted by molar-refractivity contribution is 1.04. The van der Waals surface area contributed by atoms with E-state index >= 15 is 0 Å². The van der Waals surface area contributed by atoms with Gasteiger partial charge in [0.25, 0.3) is 0 Å². The van der Waals surface area contributed by atoms with Gasteiger partial charge in [0.1, 0.15) is 0 Å². The first-order valence-corrected chi connectivity index (χ1v) is 8.18. The van der Waals surface area contributed by atoms with Crippen molar-refractivity contribution in [3.05, 3.63) is 19.0 Å². The molecule has 2 aromatic rings. The van der Waals surface area contributed by atoms with Crippen LogP contribution in [0.2, 0.25) is 0 Å². The van der Waals surface area contributed by atoms with Gasteiger partial charge < -0.3 is 0 Å². The summed E-state index contributed by atoms with van der Waals surface area (Å²) in [5.74, 6) is 0. The van der Waals surface area contributed by atoms with Crippen LogP contribution in [0.1, 0.15) is 25.2 Å². The molecule has 0 bridgehead atoms. The summed E-state index contributed by atoms with van der Waals surface area (Å²) in [5.41, 5.74) is 2.23. The Labute approximate surface area is 119 Å². The van der Waals surface area contributed by atoms with E-state index in [2.05, 4.69) is 55.7 Å². The topological polar surface area (TPSA) is 25.8 Å². The molecule has 6 heteroatoms. The molecule has 16 heavy (non-hydrogen) atoms. The van der Waals surface area contributed by atoms with E-state index in [9.17, 15) is 0 Å². The van der Waals surface area contributed by atoms with Gasteiger partial charge in [-0.2, -0.15) is 0 Å². The Morgan fingerprint density at radius 3 is 1.50 bits per heavy atom. The molecule has 2 nitrogen and oxygen atoms in total. The minimum Gasteiger partial charge on any atom is -0.237 e. The lowest BCUT2D eigenvalue weighted by atomic mass is 10.4. The molecule has 0 aliphatic carbocycles. The Kier molecular flexibility index (Phi) is 4.15. The largest absolute Gasteiger partial charge is 0.237 e. The SMILES string of the molecule is CCc1nc(-c2nc(CC)c(Br)s2)sc1Br. The Morgan fingerprint density at radius 1 is 0.875 bits per heavy atom. The van der Waals surface area contributed by atoms with E-state index in [1.165, 1.54) is 0 Å². The zero-order chi connectivity index (χ0) is 11.7. The van der Waals surface area contributed by atoms with Gasteiger partial charge in [0.2, 0.25) is 0 Å². The summed E-state index contributed by atoms with van der Waals surface area (Å²) in [6, 6.07) is 0. The van der Waals surface area contributed by atoms with Crippen molar-refractivity contribution in [2.45, 2.75) is 26.7 Å². The maximum absolute atomic E-state index is 4.59. The van der Waals surface area contributed by atoms with Gasteiger partial charge in [0.05, 0.1) is 19.0 Å². The zero-order valence-corrected chi connectivity index (χ0v) is 13.7. The average Bonchev–Trinajstić information content (AvgIpc) is 2.81. The van der Waals surface area contributed by atoms with Crippen LogP contribution < -0.4 is 0 Å². The van der Waals surface area contributed by atoms with Crippen molar-refractivity contribution in [2.24, 2.45) is 0 Å². The van der Waals surface area contributed by atoms with E-state index in [0.717, 1.165) is 41.8 Å². The average molecular weight is 382 g/mol. The number of rotatable bonds is 3. The molecular weight excluding hydrogens is 372 g/mol. The van der Waals surface area contributed by atoms with E-state index in [4.69, 9.17) is 0 Å². The lowest BCUT2D eigenvalue weighted by Crippen LogP contribution is -1.82. The minimum absolute atomic E-state index is 0.949. The number of aryl methyl sites for hydroxylation is 2. The maximum atomic E-state index is 4.59. The quantitative estimate of drug-likeness (QED) is 0.754. The molecule has 0 fully saturated rings. The molecule has 0 N–H and O–H groups in total. The van der Waals surface area contributed by atoms with Crippen molar-refractivity contribution < 1.29 is 0 Å². The van der Waals surface area contributed by atoms with Crippen LogP contribution >= 0.6 is 54.5 Å². The second-order valence-electron chi connectivity index (χ2n) is 3.19. The van der Waals surface area contributed by atoms with Crippen molar-refractivity contribution in [1.29, 1.82) is 0 Å². The molecule has 0 aliphatic rings. The van der Waals surface area contributed by atoms with E-state index in [0.29, 0.717) is 0 Å². The number of hydrogen-bond acceptors (Lipinski definition) is 4. The van der Waals surface area contributed by atoms with Gasteiger partial charge in [-0.25, -0.2) is 9.97 Å². The summed E-state index contributed by atoms with van der Waals surface area (Å²) in [7, 11) is 0. The standard InChI is InChI=1S/C10H10Br2N2S2/c1-3-5-7(11)15-9(13-5)10-14-6(4-2)8(12)16-10/h3-4H2,1-2H3. The molecule has 0 unspecified atom stereocenters. The number of thiazole rings is 2. The van der Waals surface area contributed by atoms with Crippen LogP contribution in [0, 0.1) is 0 Å². The van der Waals surface area contributed by atoms with Gasteiger partial charge in [-0.1, -0.05) is 13.8 Å². The Balaban J connectivity index is 2.42. The van der Waals surface area contributed by atoms with Gasteiger partial charge in [0, 0.05) is 0 Å². The van der Waals surface area contributed by atoms with Crippen molar-refractivity contribution in [3.63, 3.8) is 0 Å². The second kappa shape index (κ2) is 5.25. The molecule has 2 rings (SSSR count). The van der Waals surface area contributed by atoms with E-state index in [1.807, 2.05) is 0 Å². The Morgan fingerprint density at radius 2 is 1.25 bits per heavy atom. The summed E-state index contributed by atoms with van der Waals surface area (Å²) < 4.78 is 2.24. The van der Waals surface area contributed by atoms with Crippen molar-refractivity contribution in [2.75, 3.05) is 0 Å². The highest BCUT2D eigenvalue weighted by molar-refractivity contribution is 9.11. The predicted molar refractivity (Wildman–Crippen MR) is 77.4 cm³/mol. The summed E-state index contributed by atoms with van der Waals surface area (Å²) in [6.07, 6.45) is 1.90. The normalized spacial score (nSPS) is 11.0. The predicted octanol–water partition coefficient (Wildman–Crippen LogP) is 4.92. The molecule has 86 valence electrons. The third-order valence-corrected chi connectivity index (χ3v) is 5.95. The molecule has 2 aromatic heterocycles. The first-order valence-electron chi connectivity index (χ1n) is 4.96. The summed E-state index contributed by atoms with van der Waals surface area (Å²) in [6.45, 7) is 4.22. The molecule has 0 radical (unpaired) electrons. The first-order chi connectivity index (χ1) is 7.65. The molecule has 0 atom stereocenters. The maximum Gasteiger partial charge on any atom is 0.153 e. The minimum atomic E-state index is 0.949. The van der Waals surface area contributed by atoms with E-state index in [1.54, 1.807) is 22.7 Å². The van der Waals surface area contributed by atoms with Crippen LogP contribution in [0.3, 0.4) is 0 Å². The molecule has 0 aromatic carbocycles. The highest BCUT2D eigenvalue weighted by Gasteiger charge is 2.14. The summed E-state index contributed by atoms with van der Waals surface area (Å²) in [5, 5.41) is 2.02. The number of aromatic nitrogens is 2. The number of hydrogen-bond donors (Lipinski definition) is 0. The van der Waals surface area contributed by atoms with Crippen molar-refractivity contribution >= 4 is 54.5 Å². The van der Waals surface area contributed by atoms with E-state index in [-0.39, 0.29) is 0 Å². The van der Waals surface area contributed by atoms with Crippen molar-refractivity contribution in [3.8, 4) is 10.0 Å². The lowest BCUT2D eigenvalue weighted by Gasteiger charge is -1.87. The summed E-state index contributed by atoms with van der Waals surface area (Å²) in [4.78, 5) is 9.17. The van der Waals surface area contributed by atoms with Gasteiger partial charge in [0.15, 0.2) is 10.0 Å². The molecular formula is C10H10Br2N2S2. The van der Waals surface area contributed by atoms with Gasteiger partial charge in [-0.15, -0.1) is 22.7 Å². The smallest absolute Gasteiger partial charge is 0.153 e. The number of halogens is 2. The molecule has 0 saturated heterocycles. The van der Waals surface area contributed by atoms with Crippen LogP contribution in [0.5, 0.6) is 0 Å². The second-order valence-corrected chi connectivity index (χ2v) is 7.82. The van der Waals surface area contributed by atoms with Crippen LogP contribution in [0.4, 0.5) is 0 Å². The fraction of sp³-hybridized carbons (Fsp3) is 0.400. The molecule has 2 heterocycles. The molecule has 0 amide bonds. The van der Waals surface area contributed by atoms with Crippen molar-refractivity contribution in [1.82, 2.24) is 9.97 Å². The van der Waals surface area contributed by atoms with E-state index < -0.39 is 0 Å². The molecule has 0 spiro atoms. The van der Waals surface area contributed by atoms with Crippen LogP contribution in [-0.4, -0.2) is 9.97 Å². The molecule has 0 aliphatic heterocycles. The van der Waals surface area contributed by atoms with Crippen LogP contribution in [0.15, 0.2) is 7.57 Å². The fourth-order valence-corrected chi connectivity index (χ4v) is 4.73. The Bertz CT molecular complexity index is 459. The first kappa shape index (κ1) is 12.7. The third kappa shape index (κ3) is 2.39. The third-order valence-electron chi connectivity index (χ3n) is 2.15. The molecule has 0 saturated carbocycles. The van der Waals surface area contributed by atoms with Gasteiger partial charge in [-0.05, 0) is 44.7 Å². The van der Waals surface area contributed by atoms with Crippen LogP contribution in [-0.2, 0) is 12.8 Å². The van der Waals surface area contributed by atoms with Crippen LogP contribution in [0.25, 0.3) is 10.0 Å². The fourth-order valence-electron chi connectivity index (χ4n) is 1.29. The zero-order valence-electron chi connectivity index (χ0n) is 8.88. The number of nitrogens with zero attached hydrogens (tertiary/aromatic N) is 2. The Hall–Kier alpha value is 0.220. The van der Waals surface area contributed by atoms with Gasteiger partial charge in [-0.3, -0.25) is 0 Å². The monoisotopic (exact) mass is 380 g/mol. The highest BCUT2D eigenvalue weighted by Crippen LogP contribution is 2.37. The summed E-state index contributed by atoms with van der Waals surface area (Å²) >= 11 is 10.4. The van der Waals surface area contributed by atoms with Gasteiger partial charge >= 0.3 is 0 Å². The highest BCUT2D eigenvalue weighted by atomic mass is 79.9.